The summed E-state index contributed by atoms with van der Waals surface area (Å²) < 4.78 is 51.0. The van der Waals surface area contributed by atoms with Crippen LogP contribution >= 0.6 is 0 Å². The molecule has 1 heterocycles. The maximum Gasteiger partial charge on any atom is 0.405 e. The molecule has 2 unspecified atom stereocenters. The Balaban J connectivity index is 2.10. The number of halogens is 4. The first-order valence-corrected chi connectivity index (χ1v) is 7.79. The molecule has 7 nitrogen and oxygen atoms in total. The first kappa shape index (κ1) is 20.1. The number of carbonyl (C=O) groups excluding carboxylic acids is 1. The van der Waals surface area contributed by atoms with Gasteiger partial charge in [-0.05, 0) is 31.2 Å². The highest BCUT2D eigenvalue weighted by Crippen LogP contribution is 2.24. The minimum atomic E-state index is -4.42. The molecule has 1 aromatic carbocycles. The maximum absolute atomic E-state index is 12.9. The number of rotatable bonds is 4. The molecule has 5 N–H and O–H groups in total. The molecular formula is C15H19F4N5O2. The number of hydrogen-bond acceptors (Lipinski definition) is 4. The van der Waals surface area contributed by atoms with Crippen molar-refractivity contribution in [1.29, 1.82) is 0 Å². The van der Waals surface area contributed by atoms with Crippen molar-refractivity contribution in [2.75, 3.05) is 6.61 Å². The van der Waals surface area contributed by atoms with Gasteiger partial charge in [-0.3, -0.25) is 4.79 Å². The molecule has 1 amide bonds. The van der Waals surface area contributed by atoms with Gasteiger partial charge in [-0.2, -0.15) is 18.2 Å². The van der Waals surface area contributed by atoms with E-state index in [1.165, 1.54) is 12.1 Å². The van der Waals surface area contributed by atoms with Gasteiger partial charge in [0.1, 0.15) is 11.9 Å². The fourth-order valence-corrected chi connectivity index (χ4v) is 2.17. The lowest BCUT2D eigenvalue weighted by Crippen LogP contribution is -2.52. The Bertz CT molecular complexity index is 650. The number of guanidine groups is 1. The lowest BCUT2D eigenvalue weighted by Gasteiger charge is -2.20. The van der Waals surface area contributed by atoms with Gasteiger partial charge in [-0.1, -0.05) is 0 Å². The van der Waals surface area contributed by atoms with E-state index in [1.54, 1.807) is 6.92 Å². The second-order valence-electron chi connectivity index (χ2n) is 5.82. The van der Waals surface area contributed by atoms with Crippen molar-refractivity contribution in [3.05, 3.63) is 35.6 Å². The molecule has 26 heavy (non-hydrogen) atoms. The number of hydrazine groups is 1. The van der Waals surface area contributed by atoms with Crippen LogP contribution in [-0.4, -0.2) is 48.0 Å². The number of hydrogen-bond donors (Lipinski definition) is 5. The number of aliphatic hydroxyl groups excluding tert-OH is 1. The van der Waals surface area contributed by atoms with Gasteiger partial charge in [0.15, 0.2) is 0 Å². The summed E-state index contributed by atoms with van der Waals surface area (Å²) in [4.78, 5) is 16.0. The van der Waals surface area contributed by atoms with E-state index in [4.69, 9.17) is 5.11 Å². The van der Waals surface area contributed by atoms with Gasteiger partial charge in [0.25, 0.3) is 5.91 Å². The molecule has 144 valence electrons. The molecule has 1 saturated heterocycles. The van der Waals surface area contributed by atoms with Crippen molar-refractivity contribution in [3.63, 3.8) is 0 Å². The first-order valence-electron chi connectivity index (χ1n) is 7.79. The largest absolute Gasteiger partial charge is 0.405 e. The van der Waals surface area contributed by atoms with Crippen molar-refractivity contribution >= 4 is 11.9 Å². The maximum atomic E-state index is 12.9. The molecule has 2 rings (SSSR count). The molecule has 1 aromatic rings. The van der Waals surface area contributed by atoms with E-state index in [-0.39, 0.29) is 24.6 Å². The third-order valence-electron chi connectivity index (χ3n) is 3.57. The second-order valence-corrected chi connectivity index (χ2v) is 5.82. The Labute approximate surface area is 146 Å². The normalized spacial score (nSPS) is 22.2. The lowest BCUT2D eigenvalue weighted by molar-refractivity contribution is -0.153. The monoisotopic (exact) mass is 377 g/mol. The predicted octanol–water partition coefficient (Wildman–Crippen LogP) is 0.637. The highest BCUT2D eigenvalue weighted by molar-refractivity contribution is 6.02. The molecule has 11 heteroatoms. The Hall–Kier alpha value is -2.24. The quantitative estimate of drug-likeness (QED) is 0.300. The Morgan fingerprint density at radius 2 is 2.00 bits per heavy atom. The highest BCUT2D eigenvalue weighted by Gasteiger charge is 2.44. The zero-order chi connectivity index (χ0) is 19.3. The average molecular weight is 377 g/mol. The van der Waals surface area contributed by atoms with Crippen LogP contribution in [0.4, 0.5) is 17.6 Å². The molecular weight excluding hydrogens is 358 g/mol. The second kappa shape index (κ2) is 8.43. The van der Waals surface area contributed by atoms with Gasteiger partial charge in [0.05, 0.1) is 12.8 Å². The number of aliphatic imine (C=N–C) groups is 1. The van der Waals surface area contributed by atoms with Crippen LogP contribution in [0.15, 0.2) is 29.3 Å². The van der Waals surface area contributed by atoms with E-state index in [0.717, 1.165) is 12.1 Å². The van der Waals surface area contributed by atoms with E-state index in [2.05, 4.69) is 26.5 Å². The minimum Gasteiger partial charge on any atom is -0.394 e. The van der Waals surface area contributed by atoms with Crippen LogP contribution in [0.1, 0.15) is 23.7 Å². The summed E-state index contributed by atoms with van der Waals surface area (Å²) in [6.07, 6.45) is -5.60. The van der Waals surface area contributed by atoms with Gasteiger partial charge in [-0.25, -0.2) is 15.2 Å². The topological polar surface area (TPSA) is 97.8 Å². The van der Waals surface area contributed by atoms with Gasteiger partial charge >= 0.3 is 6.18 Å². The van der Waals surface area contributed by atoms with Crippen LogP contribution in [0.25, 0.3) is 0 Å². The summed E-state index contributed by atoms with van der Waals surface area (Å²) in [5.41, 5.74) is 4.65. The minimum absolute atomic E-state index is 0.106. The summed E-state index contributed by atoms with van der Waals surface area (Å²) in [5.74, 6) is -1.35. The summed E-state index contributed by atoms with van der Waals surface area (Å²) in [6, 6.07) is 2.41. The predicted molar refractivity (Wildman–Crippen MR) is 85.5 cm³/mol. The number of carbonyl (C=O) groups is 1. The lowest BCUT2D eigenvalue weighted by atomic mass is 10.2. The van der Waals surface area contributed by atoms with E-state index >= 15 is 0 Å². The van der Waals surface area contributed by atoms with Crippen LogP contribution in [0.3, 0.4) is 0 Å². The molecule has 0 aliphatic carbocycles. The third kappa shape index (κ3) is 5.64. The van der Waals surface area contributed by atoms with Crippen molar-refractivity contribution in [1.82, 2.24) is 21.5 Å². The van der Waals surface area contributed by atoms with Gasteiger partial charge < -0.3 is 15.7 Å². The molecule has 1 aliphatic heterocycles. The number of benzene rings is 1. The summed E-state index contributed by atoms with van der Waals surface area (Å²) in [6.45, 7) is 1.31. The summed E-state index contributed by atoms with van der Waals surface area (Å²) >= 11 is 0. The number of nitrogens with one attached hydrogen (secondary N) is 4. The van der Waals surface area contributed by atoms with Gasteiger partial charge in [-0.15, -0.1) is 0 Å². The molecule has 1 fully saturated rings. The molecule has 0 radical (unpaired) electrons. The van der Waals surface area contributed by atoms with E-state index in [9.17, 15) is 22.4 Å². The smallest absolute Gasteiger partial charge is 0.394 e. The van der Waals surface area contributed by atoms with Crippen molar-refractivity contribution in [3.8, 4) is 0 Å². The zero-order valence-corrected chi connectivity index (χ0v) is 13.8. The van der Waals surface area contributed by atoms with Crippen molar-refractivity contribution < 1.29 is 27.5 Å². The van der Waals surface area contributed by atoms with E-state index in [0.29, 0.717) is 0 Å². The summed E-state index contributed by atoms with van der Waals surface area (Å²) in [5, 5.41) is 14.5. The number of aliphatic hydroxyl groups is 1. The van der Waals surface area contributed by atoms with E-state index < -0.39 is 36.2 Å². The molecule has 0 aromatic heterocycles. The molecule has 0 spiro atoms. The Morgan fingerprint density at radius 3 is 2.54 bits per heavy atom. The Morgan fingerprint density at radius 1 is 1.35 bits per heavy atom. The van der Waals surface area contributed by atoms with E-state index in [1.807, 2.05) is 0 Å². The van der Waals surface area contributed by atoms with Crippen LogP contribution in [0.5, 0.6) is 0 Å². The zero-order valence-electron chi connectivity index (χ0n) is 13.8. The van der Waals surface area contributed by atoms with Gasteiger partial charge in [0.2, 0.25) is 5.96 Å². The average Bonchev–Trinajstić information content (AvgIpc) is 3.04. The number of alkyl halides is 3. The number of amides is 1. The fraction of sp³-hybridized carbons (Fsp3) is 0.467. The molecule has 0 bridgehead atoms. The summed E-state index contributed by atoms with van der Waals surface area (Å²) in [7, 11) is 0. The molecule has 3 atom stereocenters. The Kier molecular flexibility index (Phi) is 6.51. The standard InChI is InChI=1S/C15H19F4N5O2/c1-8(7-25)20-14(21-12-6-11(23-24-12)15(17,18)19)22-13(26)9-2-4-10(16)5-3-9/h2-5,8,11-12,23-25H,6-7H2,1H3,(H2,20,21,22,26)/t8-,11?,12?/m0/s1. The van der Waals surface area contributed by atoms with Crippen LogP contribution < -0.4 is 21.5 Å². The van der Waals surface area contributed by atoms with Crippen molar-refractivity contribution in [2.24, 2.45) is 4.99 Å². The van der Waals surface area contributed by atoms with Gasteiger partial charge in [0, 0.05) is 18.0 Å². The van der Waals surface area contributed by atoms with Crippen molar-refractivity contribution in [2.45, 2.75) is 37.8 Å². The molecule has 0 saturated carbocycles. The van der Waals surface area contributed by atoms with Crippen LogP contribution in [0, 0.1) is 5.82 Å². The SMILES string of the molecule is C[C@@H](CO)N/C(=N/C(=O)c1ccc(F)cc1)NC1CC(C(F)(F)F)NN1. The van der Waals surface area contributed by atoms with Crippen LogP contribution in [-0.2, 0) is 0 Å². The fourth-order valence-electron chi connectivity index (χ4n) is 2.17. The first-order chi connectivity index (χ1) is 12.2. The number of nitrogens with zero attached hydrogens (tertiary/aromatic N) is 1. The highest BCUT2D eigenvalue weighted by atomic mass is 19.4. The third-order valence-corrected chi connectivity index (χ3v) is 3.57. The van der Waals surface area contributed by atoms with Crippen LogP contribution in [0.2, 0.25) is 0 Å². The molecule has 1 aliphatic rings.